The van der Waals surface area contributed by atoms with Gasteiger partial charge in [-0.05, 0) is 74.2 Å². The van der Waals surface area contributed by atoms with Crippen LogP contribution in [0.4, 0.5) is 4.39 Å². The summed E-state index contributed by atoms with van der Waals surface area (Å²) in [4.78, 5) is 14.2. The zero-order valence-corrected chi connectivity index (χ0v) is 18.1. The van der Waals surface area contributed by atoms with Gasteiger partial charge in [-0.1, -0.05) is 23.7 Å². The third kappa shape index (κ3) is 6.17. The van der Waals surface area contributed by atoms with Crippen molar-refractivity contribution in [1.29, 1.82) is 0 Å². The highest BCUT2D eigenvalue weighted by molar-refractivity contribution is 6.32. The van der Waals surface area contributed by atoms with Crippen molar-refractivity contribution in [3.05, 3.63) is 63.9 Å². The number of nitrogens with one attached hydrogen (secondary N) is 1. The van der Waals surface area contributed by atoms with Crippen LogP contribution in [0.5, 0.6) is 5.75 Å². The number of aliphatic hydroxyl groups is 1. The molecule has 1 aliphatic heterocycles. The molecule has 1 aliphatic rings. The summed E-state index contributed by atoms with van der Waals surface area (Å²) in [6.45, 7) is 5.52. The number of likely N-dealkylation sites (tertiary alicyclic amines) is 1. The molecule has 1 amide bonds. The smallest absolute Gasteiger partial charge is 0.234 e. The Morgan fingerprint density at radius 2 is 2.03 bits per heavy atom. The van der Waals surface area contributed by atoms with E-state index < -0.39 is 5.60 Å². The van der Waals surface area contributed by atoms with Gasteiger partial charge < -0.3 is 15.2 Å². The molecule has 0 aromatic heterocycles. The third-order valence-electron chi connectivity index (χ3n) is 5.30. The maximum atomic E-state index is 13.2. The van der Waals surface area contributed by atoms with E-state index in [0.717, 1.165) is 24.1 Å². The van der Waals surface area contributed by atoms with Gasteiger partial charge in [-0.2, -0.15) is 0 Å². The number of ether oxygens (including phenoxy) is 1. The number of carbonyl (C=O) groups is 1. The second-order valence-electron chi connectivity index (χ2n) is 8.10. The molecule has 30 heavy (non-hydrogen) atoms. The predicted molar refractivity (Wildman–Crippen MR) is 115 cm³/mol. The largest absolute Gasteiger partial charge is 0.491 e. The highest BCUT2D eigenvalue weighted by Gasteiger charge is 2.34. The first-order valence-electron chi connectivity index (χ1n) is 10.1. The predicted octanol–water partition coefficient (Wildman–Crippen LogP) is 3.62. The normalized spacial score (nSPS) is 19.5. The Kier molecular flexibility index (Phi) is 7.34. The molecule has 0 saturated carbocycles. The van der Waals surface area contributed by atoms with Gasteiger partial charge in [0.05, 0.1) is 6.54 Å². The Balaban J connectivity index is 1.50. The van der Waals surface area contributed by atoms with E-state index in [0.29, 0.717) is 29.3 Å². The molecule has 2 N–H and O–H groups in total. The molecule has 3 rings (SSSR count). The van der Waals surface area contributed by atoms with Gasteiger partial charge in [0, 0.05) is 18.1 Å². The lowest BCUT2D eigenvalue weighted by molar-refractivity contribution is -0.124. The number of piperidine rings is 1. The molecule has 162 valence electrons. The summed E-state index contributed by atoms with van der Waals surface area (Å²) in [6.07, 6.45) is 1.38. The number of β-amino-alcohol motifs (C(OH)–C–C–N with tert-alkyl or cyclic N) is 1. The molecular formula is C23H28ClFN2O3. The van der Waals surface area contributed by atoms with Gasteiger partial charge in [-0.3, -0.25) is 9.69 Å². The van der Waals surface area contributed by atoms with Crippen LogP contribution in [0, 0.1) is 19.7 Å². The van der Waals surface area contributed by atoms with Crippen LogP contribution in [-0.2, 0) is 11.3 Å². The number of amides is 1. The minimum Gasteiger partial charge on any atom is -0.491 e. The summed E-state index contributed by atoms with van der Waals surface area (Å²) in [5, 5.41) is 14.5. The van der Waals surface area contributed by atoms with E-state index in [9.17, 15) is 14.3 Å². The molecule has 2 aromatic carbocycles. The minimum absolute atomic E-state index is 0.148. The van der Waals surface area contributed by atoms with E-state index in [-0.39, 0.29) is 31.4 Å². The van der Waals surface area contributed by atoms with Crippen LogP contribution in [0.2, 0.25) is 5.02 Å². The van der Waals surface area contributed by atoms with Crippen LogP contribution in [0.25, 0.3) is 0 Å². The molecule has 5 nitrogen and oxygen atoms in total. The first-order chi connectivity index (χ1) is 14.2. The number of hydrogen-bond acceptors (Lipinski definition) is 4. The van der Waals surface area contributed by atoms with Crippen LogP contribution in [-0.4, -0.2) is 47.8 Å². The van der Waals surface area contributed by atoms with Crippen molar-refractivity contribution in [3.8, 4) is 5.75 Å². The summed E-state index contributed by atoms with van der Waals surface area (Å²) >= 11 is 6.20. The van der Waals surface area contributed by atoms with E-state index in [1.807, 2.05) is 30.9 Å². The van der Waals surface area contributed by atoms with Crippen LogP contribution in [0.1, 0.15) is 29.5 Å². The topological polar surface area (TPSA) is 61.8 Å². The Hall–Kier alpha value is -2.15. The first-order valence-corrected chi connectivity index (χ1v) is 10.5. The Bertz CT molecular complexity index is 885. The van der Waals surface area contributed by atoms with Gasteiger partial charge in [-0.25, -0.2) is 4.39 Å². The second-order valence-corrected chi connectivity index (χ2v) is 8.48. The lowest BCUT2D eigenvalue weighted by atomic mass is 9.93. The molecule has 0 radical (unpaired) electrons. The van der Waals surface area contributed by atoms with E-state index >= 15 is 0 Å². The lowest BCUT2D eigenvalue weighted by Crippen LogP contribution is -2.53. The van der Waals surface area contributed by atoms with Gasteiger partial charge in [0.1, 0.15) is 23.8 Å². The quantitative estimate of drug-likeness (QED) is 0.698. The van der Waals surface area contributed by atoms with Gasteiger partial charge in [0.15, 0.2) is 0 Å². The summed E-state index contributed by atoms with van der Waals surface area (Å²) in [5.41, 5.74) is 1.54. The fraction of sp³-hybridized carbons (Fsp3) is 0.435. The molecule has 1 heterocycles. The molecule has 7 heteroatoms. The van der Waals surface area contributed by atoms with Crippen LogP contribution in [0.3, 0.4) is 0 Å². The average Bonchev–Trinajstić information content (AvgIpc) is 2.69. The van der Waals surface area contributed by atoms with Crippen molar-refractivity contribution in [2.45, 2.75) is 38.8 Å². The number of benzene rings is 2. The Labute approximate surface area is 181 Å². The molecule has 0 unspecified atom stereocenters. The van der Waals surface area contributed by atoms with Crippen LogP contribution >= 0.6 is 11.6 Å². The SMILES string of the molecule is Cc1cc(OC[C@@]2(O)CCCN(CC(=O)NCc3cccc(F)c3)C2)cc(C)c1Cl. The van der Waals surface area contributed by atoms with Gasteiger partial charge in [0.25, 0.3) is 0 Å². The number of carbonyl (C=O) groups excluding carboxylic acids is 1. The Morgan fingerprint density at radius 3 is 2.73 bits per heavy atom. The maximum Gasteiger partial charge on any atom is 0.234 e. The number of rotatable bonds is 7. The fourth-order valence-corrected chi connectivity index (χ4v) is 3.88. The molecule has 1 atom stereocenters. The van der Waals surface area contributed by atoms with Crippen molar-refractivity contribution in [1.82, 2.24) is 10.2 Å². The van der Waals surface area contributed by atoms with Crippen molar-refractivity contribution >= 4 is 17.5 Å². The van der Waals surface area contributed by atoms with Crippen molar-refractivity contribution in [3.63, 3.8) is 0 Å². The van der Waals surface area contributed by atoms with E-state index in [1.54, 1.807) is 12.1 Å². The van der Waals surface area contributed by atoms with Crippen molar-refractivity contribution in [2.75, 3.05) is 26.2 Å². The van der Waals surface area contributed by atoms with Gasteiger partial charge >= 0.3 is 0 Å². The minimum atomic E-state index is -1.03. The molecule has 0 aliphatic carbocycles. The molecule has 1 fully saturated rings. The standard InChI is InChI=1S/C23H28ClFN2O3/c1-16-9-20(10-17(2)22(16)24)30-15-23(29)7-4-8-27(14-23)13-21(28)26-12-18-5-3-6-19(25)11-18/h3,5-6,9-11,29H,4,7-8,12-15H2,1-2H3,(H,26,28)/t23-/m1/s1. The number of nitrogens with zero attached hydrogens (tertiary/aromatic N) is 1. The average molecular weight is 435 g/mol. The van der Waals surface area contributed by atoms with Crippen molar-refractivity contribution in [2.24, 2.45) is 0 Å². The van der Waals surface area contributed by atoms with Crippen LogP contribution < -0.4 is 10.1 Å². The van der Waals surface area contributed by atoms with Gasteiger partial charge in [-0.15, -0.1) is 0 Å². The maximum absolute atomic E-state index is 13.2. The van der Waals surface area contributed by atoms with Crippen LogP contribution in [0.15, 0.2) is 36.4 Å². The van der Waals surface area contributed by atoms with Gasteiger partial charge in [0.2, 0.25) is 5.91 Å². The third-order valence-corrected chi connectivity index (χ3v) is 5.89. The summed E-state index contributed by atoms with van der Waals surface area (Å²) < 4.78 is 19.1. The number of aryl methyl sites for hydroxylation is 2. The zero-order chi connectivity index (χ0) is 21.7. The highest BCUT2D eigenvalue weighted by atomic mass is 35.5. The first kappa shape index (κ1) is 22.5. The molecule has 0 spiro atoms. The zero-order valence-electron chi connectivity index (χ0n) is 17.4. The monoisotopic (exact) mass is 434 g/mol. The van der Waals surface area contributed by atoms with E-state index in [1.165, 1.54) is 12.1 Å². The summed E-state index contributed by atoms with van der Waals surface area (Å²) in [5.74, 6) is 0.190. The van der Waals surface area contributed by atoms with E-state index in [2.05, 4.69) is 5.32 Å². The Morgan fingerprint density at radius 1 is 1.30 bits per heavy atom. The molecule has 0 bridgehead atoms. The summed E-state index contributed by atoms with van der Waals surface area (Å²) in [7, 11) is 0. The number of halogens is 2. The summed E-state index contributed by atoms with van der Waals surface area (Å²) in [6, 6.07) is 9.87. The highest BCUT2D eigenvalue weighted by Crippen LogP contribution is 2.28. The molecule has 2 aromatic rings. The van der Waals surface area contributed by atoms with Crippen molar-refractivity contribution < 1.29 is 19.0 Å². The molecular weight excluding hydrogens is 407 g/mol. The fourth-order valence-electron chi connectivity index (χ4n) is 3.77. The molecule has 1 saturated heterocycles. The lowest BCUT2D eigenvalue weighted by Gasteiger charge is -2.38. The second kappa shape index (κ2) is 9.77. The number of hydrogen-bond donors (Lipinski definition) is 2. The van der Waals surface area contributed by atoms with E-state index in [4.69, 9.17) is 16.3 Å².